The zero-order valence-corrected chi connectivity index (χ0v) is 12.5. The van der Waals surface area contributed by atoms with Gasteiger partial charge >= 0.3 is 0 Å². The normalized spacial score (nSPS) is 10.2. The van der Waals surface area contributed by atoms with Crippen LogP contribution in [0.25, 0.3) is 0 Å². The van der Waals surface area contributed by atoms with Gasteiger partial charge in [0.2, 0.25) is 5.91 Å². The fourth-order valence-electron chi connectivity index (χ4n) is 1.81. The lowest BCUT2D eigenvalue weighted by molar-refractivity contribution is -0.116. The fraction of sp³-hybridized carbons (Fsp3) is 0.188. The molecule has 0 saturated carbocycles. The molecule has 0 spiro atoms. The first-order valence-electron chi connectivity index (χ1n) is 6.59. The number of hydrogen-bond acceptors (Lipinski definition) is 3. The third kappa shape index (κ3) is 4.68. The molecule has 2 rings (SSSR count). The molecule has 2 aromatic rings. The summed E-state index contributed by atoms with van der Waals surface area (Å²) in [7, 11) is 0. The second kappa shape index (κ2) is 6.99. The summed E-state index contributed by atoms with van der Waals surface area (Å²) in [6.45, 7) is 2.22. The minimum absolute atomic E-state index is 0.147. The van der Waals surface area contributed by atoms with Crippen LogP contribution >= 0.6 is 11.6 Å². The van der Waals surface area contributed by atoms with E-state index in [2.05, 4.69) is 5.32 Å². The number of benzene rings is 2. The molecule has 0 heterocycles. The third-order valence-corrected chi connectivity index (χ3v) is 3.18. The summed E-state index contributed by atoms with van der Waals surface area (Å²) < 4.78 is 5.48. The van der Waals surface area contributed by atoms with E-state index in [-0.39, 0.29) is 18.9 Å². The van der Waals surface area contributed by atoms with Gasteiger partial charge in [0.15, 0.2) is 0 Å². The first kappa shape index (κ1) is 15.2. The lowest BCUT2D eigenvalue weighted by Gasteiger charge is -2.09. The number of nitrogen functional groups attached to an aromatic ring is 1. The van der Waals surface area contributed by atoms with Crippen LogP contribution in [0.2, 0.25) is 5.02 Å². The molecule has 0 aliphatic carbocycles. The quantitative estimate of drug-likeness (QED) is 0.829. The van der Waals surface area contributed by atoms with E-state index in [9.17, 15) is 4.79 Å². The highest BCUT2D eigenvalue weighted by Gasteiger charge is 2.06. The second-order valence-electron chi connectivity index (χ2n) is 4.70. The van der Waals surface area contributed by atoms with Gasteiger partial charge in [0.25, 0.3) is 0 Å². The Kier molecular flexibility index (Phi) is 5.06. The monoisotopic (exact) mass is 304 g/mol. The van der Waals surface area contributed by atoms with Gasteiger partial charge in [-0.3, -0.25) is 4.79 Å². The Labute approximate surface area is 128 Å². The Morgan fingerprint density at radius 3 is 2.86 bits per heavy atom. The van der Waals surface area contributed by atoms with Gasteiger partial charge in [0.05, 0.1) is 23.7 Å². The summed E-state index contributed by atoms with van der Waals surface area (Å²) in [4.78, 5) is 11.9. The molecule has 0 bridgehead atoms. The number of nitrogens with one attached hydrogen (secondary N) is 1. The number of carbonyl (C=O) groups is 1. The second-order valence-corrected chi connectivity index (χ2v) is 5.11. The summed E-state index contributed by atoms with van der Waals surface area (Å²) in [5.41, 5.74) is 7.93. The summed E-state index contributed by atoms with van der Waals surface area (Å²) in [5, 5.41) is 3.29. The van der Waals surface area contributed by atoms with Crippen LogP contribution in [0, 0.1) is 6.92 Å². The van der Waals surface area contributed by atoms with Crippen molar-refractivity contribution in [2.24, 2.45) is 0 Å². The maximum Gasteiger partial charge on any atom is 0.227 e. The largest absolute Gasteiger partial charge is 0.493 e. The Balaban J connectivity index is 1.84. The van der Waals surface area contributed by atoms with Gasteiger partial charge in [-0.1, -0.05) is 23.7 Å². The minimum Gasteiger partial charge on any atom is -0.493 e. The van der Waals surface area contributed by atoms with E-state index in [0.29, 0.717) is 22.1 Å². The van der Waals surface area contributed by atoms with Crippen molar-refractivity contribution in [2.75, 3.05) is 17.7 Å². The molecule has 0 saturated heterocycles. The highest BCUT2D eigenvalue weighted by atomic mass is 35.5. The van der Waals surface area contributed by atoms with E-state index >= 15 is 0 Å². The first-order valence-corrected chi connectivity index (χ1v) is 6.97. The van der Waals surface area contributed by atoms with Crippen molar-refractivity contribution < 1.29 is 9.53 Å². The Morgan fingerprint density at radius 2 is 2.10 bits per heavy atom. The smallest absolute Gasteiger partial charge is 0.227 e. The van der Waals surface area contributed by atoms with Crippen molar-refractivity contribution in [1.82, 2.24) is 0 Å². The van der Waals surface area contributed by atoms with Gasteiger partial charge in [-0.05, 0) is 36.8 Å². The molecule has 4 nitrogen and oxygen atoms in total. The number of anilines is 2. The Morgan fingerprint density at radius 1 is 1.29 bits per heavy atom. The molecule has 0 aliphatic heterocycles. The van der Waals surface area contributed by atoms with Crippen LogP contribution < -0.4 is 15.8 Å². The first-order chi connectivity index (χ1) is 10.0. The third-order valence-electron chi connectivity index (χ3n) is 2.85. The molecule has 0 unspecified atom stereocenters. The number of carbonyl (C=O) groups excluding carboxylic acids is 1. The Hall–Kier alpha value is -2.20. The number of ether oxygens (including phenoxy) is 1. The molecule has 2 aromatic carbocycles. The molecular formula is C16H17ClN2O2. The van der Waals surface area contributed by atoms with Gasteiger partial charge < -0.3 is 15.8 Å². The maximum atomic E-state index is 11.9. The SMILES string of the molecule is Cc1ccc(Cl)c(NC(=O)CCOc2cccc(N)c2)c1. The van der Waals surface area contributed by atoms with Crippen LogP contribution in [0.15, 0.2) is 42.5 Å². The van der Waals surface area contributed by atoms with Crippen molar-refractivity contribution >= 4 is 28.9 Å². The predicted molar refractivity (Wildman–Crippen MR) is 85.8 cm³/mol. The minimum atomic E-state index is -0.147. The van der Waals surface area contributed by atoms with Gasteiger partial charge in [-0.2, -0.15) is 0 Å². The van der Waals surface area contributed by atoms with E-state index in [1.807, 2.05) is 19.1 Å². The van der Waals surface area contributed by atoms with Crippen LogP contribution in [-0.2, 0) is 4.79 Å². The number of rotatable bonds is 5. The number of aryl methyl sites for hydroxylation is 1. The lowest BCUT2D eigenvalue weighted by Crippen LogP contribution is -2.15. The summed E-state index contributed by atoms with van der Waals surface area (Å²) in [5.74, 6) is 0.503. The van der Waals surface area contributed by atoms with Crippen molar-refractivity contribution in [3.05, 3.63) is 53.1 Å². The molecule has 3 N–H and O–H groups in total. The lowest BCUT2D eigenvalue weighted by atomic mass is 10.2. The van der Waals surface area contributed by atoms with Gasteiger partial charge in [-0.15, -0.1) is 0 Å². The van der Waals surface area contributed by atoms with Crippen molar-refractivity contribution in [3.8, 4) is 5.75 Å². The average Bonchev–Trinajstić information content (AvgIpc) is 2.43. The number of halogens is 1. The number of amides is 1. The molecule has 21 heavy (non-hydrogen) atoms. The van der Waals surface area contributed by atoms with Crippen molar-refractivity contribution in [3.63, 3.8) is 0 Å². The molecule has 0 fully saturated rings. The molecule has 0 aromatic heterocycles. The standard InChI is InChI=1S/C16H17ClN2O2/c1-11-5-6-14(17)15(9-11)19-16(20)7-8-21-13-4-2-3-12(18)10-13/h2-6,9-10H,7-8,18H2,1H3,(H,19,20). The molecule has 0 atom stereocenters. The zero-order valence-electron chi connectivity index (χ0n) is 11.7. The van der Waals surface area contributed by atoms with E-state index in [1.54, 1.807) is 30.3 Å². The predicted octanol–water partition coefficient (Wildman–Crippen LogP) is 3.64. The van der Waals surface area contributed by atoms with Crippen molar-refractivity contribution in [1.29, 1.82) is 0 Å². The van der Waals surface area contributed by atoms with Crippen LogP contribution in [0.4, 0.5) is 11.4 Å². The Bertz CT molecular complexity index is 644. The van der Waals surface area contributed by atoms with Gasteiger partial charge in [0, 0.05) is 11.8 Å². The summed E-state index contributed by atoms with van der Waals surface area (Å²) in [6.07, 6.45) is 0.235. The van der Waals surface area contributed by atoms with Crippen LogP contribution in [-0.4, -0.2) is 12.5 Å². The van der Waals surface area contributed by atoms with Gasteiger partial charge in [-0.25, -0.2) is 0 Å². The number of hydrogen-bond donors (Lipinski definition) is 2. The van der Waals surface area contributed by atoms with E-state index < -0.39 is 0 Å². The van der Waals surface area contributed by atoms with Gasteiger partial charge in [0.1, 0.15) is 5.75 Å². The maximum absolute atomic E-state index is 11.9. The van der Waals surface area contributed by atoms with Crippen LogP contribution in [0.5, 0.6) is 5.75 Å². The topological polar surface area (TPSA) is 64.3 Å². The van der Waals surface area contributed by atoms with E-state index in [0.717, 1.165) is 5.56 Å². The summed E-state index contributed by atoms with van der Waals surface area (Å²) >= 11 is 6.03. The molecule has 5 heteroatoms. The summed E-state index contributed by atoms with van der Waals surface area (Å²) in [6, 6.07) is 12.6. The van der Waals surface area contributed by atoms with Crippen LogP contribution in [0.1, 0.15) is 12.0 Å². The zero-order chi connectivity index (χ0) is 15.2. The van der Waals surface area contributed by atoms with E-state index in [1.165, 1.54) is 0 Å². The number of nitrogens with two attached hydrogens (primary N) is 1. The molecule has 0 radical (unpaired) electrons. The molecule has 0 aliphatic rings. The average molecular weight is 305 g/mol. The van der Waals surface area contributed by atoms with Crippen molar-refractivity contribution in [2.45, 2.75) is 13.3 Å². The highest BCUT2D eigenvalue weighted by molar-refractivity contribution is 6.33. The highest BCUT2D eigenvalue weighted by Crippen LogP contribution is 2.22. The molecule has 1 amide bonds. The van der Waals surface area contributed by atoms with Crippen LogP contribution in [0.3, 0.4) is 0 Å². The van der Waals surface area contributed by atoms with E-state index in [4.69, 9.17) is 22.1 Å². The molecular weight excluding hydrogens is 288 g/mol. The molecule has 110 valence electrons. The fourth-order valence-corrected chi connectivity index (χ4v) is 1.98.